The minimum Gasteiger partial charge on any atom is -0.361 e. The third kappa shape index (κ3) is 3.34. The molecule has 2 aromatic heterocycles. The van der Waals surface area contributed by atoms with E-state index >= 15 is 0 Å². The van der Waals surface area contributed by atoms with E-state index < -0.39 is 0 Å². The summed E-state index contributed by atoms with van der Waals surface area (Å²) in [5.74, 6) is 0.289. The average Bonchev–Trinajstić information content (AvgIpc) is 3.13. The average molecular weight is 331 g/mol. The molecule has 0 aliphatic heterocycles. The molecule has 2 amide bonds. The fourth-order valence-electron chi connectivity index (χ4n) is 2.58. The van der Waals surface area contributed by atoms with E-state index in [2.05, 4.69) is 31.1 Å². The summed E-state index contributed by atoms with van der Waals surface area (Å²) in [6, 6.07) is 3.98. The van der Waals surface area contributed by atoms with Gasteiger partial charge in [0.15, 0.2) is 5.82 Å². The van der Waals surface area contributed by atoms with Crippen LogP contribution >= 0.6 is 0 Å². The first-order chi connectivity index (χ1) is 11.5. The number of amides is 2. The van der Waals surface area contributed by atoms with Gasteiger partial charge in [0.2, 0.25) is 0 Å². The molecule has 1 atom stereocenters. The van der Waals surface area contributed by atoms with Crippen LogP contribution in [0.4, 0.5) is 9.18 Å². The van der Waals surface area contributed by atoms with Gasteiger partial charge in [-0.05, 0) is 47.5 Å². The molecule has 3 N–H and O–H groups in total. The van der Waals surface area contributed by atoms with Gasteiger partial charge in [-0.1, -0.05) is 0 Å². The Kier molecular flexibility index (Phi) is 4.41. The minimum atomic E-state index is -0.313. The van der Waals surface area contributed by atoms with E-state index in [1.165, 1.54) is 16.8 Å². The highest BCUT2D eigenvalue weighted by atomic mass is 19.1. The van der Waals surface area contributed by atoms with Crippen LogP contribution in [-0.2, 0) is 13.5 Å². The number of aromatic amines is 1. The van der Waals surface area contributed by atoms with Crippen LogP contribution in [0.15, 0.2) is 24.4 Å². The zero-order valence-electron chi connectivity index (χ0n) is 13.4. The van der Waals surface area contributed by atoms with Crippen molar-refractivity contribution in [2.24, 2.45) is 7.05 Å². The van der Waals surface area contributed by atoms with Crippen LogP contribution in [-0.4, -0.2) is 37.8 Å². The number of fused-ring (bicyclic) bond motifs is 1. The number of benzene rings is 1. The summed E-state index contributed by atoms with van der Waals surface area (Å²) in [5, 5.41) is 17.5. The Morgan fingerprint density at radius 3 is 3.04 bits per heavy atom. The number of aromatic nitrogens is 5. The summed E-state index contributed by atoms with van der Waals surface area (Å²) in [5.41, 5.74) is 1.83. The lowest BCUT2D eigenvalue weighted by atomic mass is 10.1. The summed E-state index contributed by atoms with van der Waals surface area (Å²) in [6.45, 7) is 2.23. The SMILES string of the molecule is CC(NC(=O)NCCc1c[nH]c2ccc(F)cc12)c1nnnn1C. The van der Waals surface area contributed by atoms with Crippen molar-refractivity contribution < 1.29 is 9.18 Å². The first-order valence-corrected chi connectivity index (χ1v) is 7.56. The number of carbonyl (C=O) groups excluding carboxylic acids is 1. The Bertz CT molecular complexity index is 857. The molecule has 24 heavy (non-hydrogen) atoms. The second-order valence-electron chi connectivity index (χ2n) is 5.54. The number of nitrogens with zero attached hydrogens (tertiary/aromatic N) is 4. The van der Waals surface area contributed by atoms with E-state index in [0.717, 1.165) is 16.5 Å². The Morgan fingerprint density at radius 1 is 1.46 bits per heavy atom. The number of halogens is 1. The quantitative estimate of drug-likeness (QED) is 0.658. The van der Waals surface area contributed by atoms with Crippen LogP contribution in [0, 0.1) is 5.82 Å². The van der Waals surface area contributed by atoms with Gasteiger partial charge >= 0.3 is 6.03 Å². The fourth-order valence-corrected chi connectivity index (χ4v) is 2.58. The maximum absolute atomic E-state index is 13.3. The topological polar surface area (TPSA) is 101 Å². The van der Waals surface area contributed by atoms with Gasteiger partial charge in [-0.2, -0.15) is 0 Å². The van der Waals surface area contributed by atoms with Crippen molar-refractivity contribution >= 4 is 16.9 Å². The van der Waals surface area contributed by atoms with Crippen LogP contribution in [0.1, 0.15) is 24.4 Å². The molecule has 0 bridgehead atoms. The van der Waals surface area contributed by atoms with E-state index in [1.54, 1.807) is 20.0 Å². The molecular formula is C15H18FN7O. The van der Waals surface area contributed by atoms with E-state index in [-0.39, 0.29) is 17.9 Å². The van der Waals surface area contributed by atoms with Crippen molar-refractivity contribution in [3.8, 4) is 0 Å². The van der Waals surface area contributed by atoms with Crippen molar-refractivity contribution in [1.29, 1.82) is 0 Å². The number of nitrogens with one attached hydrogen (secondary N) is 3. The summed E-state index contributed by atoms with van der Waals surface area (Å²) in [4.78, 5) is 15.0. The highest BCUT2D eigenvalue weighted by Crippen LogP contribution is 2.19. The zero-order valence-corrected chi connectivity index (χ0v) is 13.4. The Morgan fingerprint density at radius 2 is 2.29 bits per heavy atom. The first kappa shape index (κ1) is 15.9. The van der Waals surface area contributed by atoms with E-state index in [1.807, 2.05) is 6.20 Å². The van der Waals surface area contributed by atoms with Crippen LogP contribution in [0.2, 0.25) is 0 Å². The number of H-pyrrole nitrogens is 1. The fraction of sp³-hybridized carbons (Fsp3) is 0.333. The molecule has 3 aromatic rings. The number of aryl methyl sites for hydroxylation is 1. The van der Waals surface area contributed by atoms with Gasteiger partial charge in [0.25, 0.3) is 0 Å². The Balaban J connectivity index is 1.53. The molecule has 9 heteroatoms. The molecular weight excluding hydrogens is 313 g/mol. The number of carbonyl (C=O) groups is 1. The van der Waals surface area contributed by atoms with Crippen LogP contribution in [0.25, 0.3) is 10.9 Å². The van der Waals surface area contributed by atoms with Gasteiger partial charge in [-0.15, -0.1) is 5.10 Å². The minimum absolute atomic E-state index is 0.278. The summed E-state index contributed by atoms with van der Waals surface area (Å²) in [7, 11) is 1.71. The van der Waals surface area contributed by atoms with Crippen LogP contribution in [0.3, 0.4) is 0 Å². The predicted molar refractivity (Wildman–Crippen MR) is 85.7 cm³/mol. The third-order valence-electron chi connectivity index (χ3n) is 3.80. The molecule has 3 rings (SSSR count). The molecule has 0 aliphatic carbocycles. The largest absolute Gasteiger partial charge is 0.361 e. The predicted octanol–water partition coefficient (Wildman–Crippen LogP) is 1.43. The smallest absolute Gasteiger partial charge is 0.315 e. The highest BCUT2D eigenvalue weighted by Gasteiger charge is 2.14. The van der Waals surface area contributed by atoms with Crippen LogP contribution < -0.4 is 10.6 Å². The highest BCUT2D eigenvalue weighted by molar-refractivity contribution is 5.83. The van der Waals surface area contributed by atoms with E-state index in [0.29, 0.717) is 18.8 Å². The second-order valence-corrected chi connectivity index (χ2v) is 5.54. The molecule has 1 aromatic carbocycles. The van der Waals surface area contributed by atoms with Gasteiger partial charge in [-0.25, -0.2) is 13.9 Å². The van der Waals surface area contributed by atoms with Crippen molar-refractivity contribution in [3.63, 3.8) is 0 Å². The van der Waals surface area contributed by atoms with Gasteiger partial charge in [0.05, 0.1) is 6.04 Å². The maximum Gasteiger partial charge on any atom is 0.315 e. The Hall–Kier alpha value is -2.97. The molecule has 126 valence electrons. The lowest BCUT2D eigenvalue weighted by molar-refractivity contribution is 0.237. The maximum atomic E-state index is 13.3. The van der Waals surface area contributed by atoms with Crippen LogP contribution in [0.5, 0.6) is 0 Å². The number of rotatable bonds is 5. The standard InChI is InChI=1S/C15H18FN7O/c1-9(14-20-21-22-23(14)2)19-15(24)17-6-5-10-8-18-13-4-3-11(16)7-12(10)13/h3-4,7-9,18H,5-6H2,1-2H3,(H2,17,19,24). The molecule has 2 heterocycles. The monoisotopic (exact) mass is 331 g/mol. The lowest BCUT2D eigenvalue weighted by Gasteiger charge is -2.13. The van der Waals surface area contributed by atoms with Gasteiger partial charge in [0.1, 0.15) is 5.82 Å². The lowest BCUT2D eigenvalue weighted by Crippen LogP contribution is -2.38. The summed E-state index contributed by atoms with van der Waals surface area (Å²) < 4.78 is 14.8. The molecule has 0 spiro atoms. The molecule has 0 aliphatic rings. The first-order valence-electron chi connectivity index (χ1n) is 7.56. The van der Waals surface area contributed by atoms with Gasteiger partial charge in [0, 0.05) is 30.7 Å². The number of hydrogen-bond acceptors (Lipinski definition) is 4. The number of tetrazole rings is 1. The number of urea groups is 1. The van der Waals surface area contributed by atoms with Crippen molar-refractivity contribution in [2.45, 2.75) is 19.4 Å². The molecule has 0 saturated carbocycles. The molecule has 1 unspecified atom stereocenters. The molecule has 0 saturated heterocycles. The van der Waals surface area contributed by atoms with E-state index in [4.69, 9.17) is 0 Å². The summed E-state index contributed by atoms with van der Waals surface area (Å²) >= 11 is 0. The van der Waals surface area contributed by atoms with Crippen molar-refractivity contribution in [3.05, 3.63) is 41.6 Å². The number of hydrogen-bond donors (Lipinski definition) is 3. The molecule has 0 fully saturated rings. The molecule has 8 nitrogen and oxygen atoms in total. The summed E-state index contributed by atoms with van der Waals surface area (Å²) in [6.07, 6.45) is 2.42. The second kappa shape index (κ2) is 6.65. The van der Waals surface area contributed by atoms with Gasteiger partial charge in [-0.3, -0.25) is 0 Å². The third-order valence-corrected chi connectivity index (χ3v) is 3.80. The van der Waals surface area contributed by atoms with Crippen molar-refractivity contribution in [1.82, 2.24) is 35.8 Å². The zero-order chi connectivity index (χ0) is 17.1. The van der Waals surface area contributed by atoms with Gasteiger partial charge < -0.3 is 15.6 Å². The molecule has 0 radical (unpaired) electrons. The Labute approximate surface area is 137 Å². The van der Waals surface area contributed by atoms with E-state index in [9.17, 15) is 9.18 Å². The normalized spacial score (nSPS) is 12.3. The van der Waals surface area contributed by atoms with Crippen molar-refractivity contribution in [2.75, 3.05) is 6.54 Å².